The Bertz CT molecular complexity index is 710. The van der Waals surface area contributed by atoms with E-state index in [1.54, 1.807) is 0 Å². The summed E-state index contributed by atoms with van der Waals surface area (Å²) in [5.74, 6) is 0. The van der Waals surface area contributed by atoms with Crippen LogP contribution >= 0.6 is 0 Å². The van der Waals surface area contributed by atoms with Crippen molar-refractivity contribution >= 4 is 5.69 Å². The second-order valence-corrected chi connectivity index (χ2v) is 7.03. The van der Waals surface area contributed by atoms with Gasteiger partial charge in [0.25, 0.3) is 0 Å². The van der Waals surface area contributed by atoms with Gasteiger partial charge in [0.2, 0.25) is 0 Å². The monoisotopic (exact) mass is 338 g/mol. The van der Waals surface area contributed by atoms with E-state index in [0.717, 1.165) is 38.3 Å². The van der Waals surface area contributed by atoms with Crippen LogP contribution in [0.1, 0.15) is 35.8 Å². The van der Waals surface area contributed by atoms with Crippen LogP contribution in [0, 0.1) is 0 Å². The van der Waals surface area contributed by atoms with Crippen LogP contribution in [0.25, 0.3) is 0 Å². The van der Waals surface area contributed by atoms with Crippen LogP contribution in [-0.4, -0.2) is 37.5 Å². The van der Waals surface area contributed by atoms with E-state index in [1.807, 2.05) is 18.2 Å². The van der Waals surface area contributed by atoms with Crippen LogP contribution in [0.2, 0.25) is 0 Å². The van der Waals surface area contributed by atoms with Gasteiger partial charge in [0.05, 0.1) is 19.3 Å². The summed E-state index contributed by atoms with van der Waals surface area (Å²) in [6.45, 7) is 5.69. The maximum atomic E-state index is 10.6. The van der Waals surface area contributed by atoms with Crippen LogP contribution in [0.4, 0.5) is 5.69 Å². The molecule has 3 unspecified atom stereocenters. The van der Waals surface area contributed by atoms with Gasteiger partial charge in [0.15, 0.2) is 0 Å². The number of rotatable bonds is 4. The Kier molecular flexibility index (Phi) is 4.75. The zero-order valence-electron chi connectivity index (χ0n) is 14.7. The van der Waals surface area contributed by atoms with Gasteiger partial charge in [-0.05, 0) is 42.2 Å². The van der Waals surface area contributed by atoms with E-state index in [0.29, 0.717) is 0 Å². The van der Waals surface area contributed by atoms with Crippen molar-refractivity contribution in [1.82, 2.24) is 5.32 Å². The third kappa shape index (κ3) is 3.43. The molecule has 1 saturated heterocycles. The van der Waals surface area contributed by atoms with Gasteiger partial charge in [-0.15, -0.1) is 0 Å². The second-order valence-electron chi connectivity index (χ2n) is 7.03. The summed E-state index contributed by atoms with van der Waals surface area (Å²) in [5, 5.41) is 14.2. The van der Waals surface area contributed by atoms with E-state index in [9.17, 15) is 5.11 Å². The number of morpholine rings is 1. The number of ether oxygens (including phenoxy) is 1. The van der Waals surface area contributed by atoms with Gasteiger partial charge in [0.1, 0.15) is 0 Å². The molecule has 1 fully saturated rings. The Morgan fingerprint density at radius 2 is 1.80 bits per heavy atom. The molecule has 1 heterocycles. The molecule has 0 aromatic heterocycles. The zero-order chi connectivity index (χ0) is 17.2. The Labute approximate surface area is 149 Å². The number of nitrogens with one attached hydrogen (secondary N) is 1. The molecule has 25 heavy (non-hydrogen) atoms. The average Bonchev–Trinajstić information content (AvgIpc) is 2.98. The first-order valence-electron chi connectivity index (χ1n) is 9.17. The zero-order valence-corrected chi connectivity index (χ0v) is 14.7. The van der Waals surface area contributed by atoms with E-state index >= 15 is 0 Å². The SMILES string of the molecule is CC(NC1Cc2ccccc2C1O)c1ccc(N2CCOCC2)cc1. The number of benzene rings is 2. The smallest absolute Gasteiger partial charge is 0.0949 e. The molecule has 132 valence electrons. The first-order valence-corrected chi connectivity index (χ1v) is 9.17. The molecule has 2 aromatic carbocycles. The summed E-state index contributed by atoms with van der Waals surface area (Å²) < 4.78 is 5.42. The summed E-state index contributed by atoms with van der Waals surface area (Å²) in [5.41, 5.74) is 4.82. The largest absolute Gasteiger partial charge is 0.387 e. The summed E-state index contributed by atoms with van der Waals surface area (Å²) in [7, 11) is 0. The standard InChI is InChI=1S/C21H26N2O2/c1-15(22-20-14-17-4-2-3-5-19(17)21(20)24)16-6-8-18(9-7-16)23-10-12-25-13-11-23/h2-9,15,20-22,24H,10-14H2,1H3. The minimum absolute atomic E-state index is 0.0753. The van der Waals surface area contributed by atoms with E-state index in [4.69, 9.17) is 4.74 Å². The number of anilines is 1. The molecule has 3 atom stereocenters. The van der Waals surface area contributed by atoms with E-state index in [-0.39, 0.29) is 12.1 Å². The van der Waals surface area contributed by atoms with Crippen LogP contribution in [0.3, 0.4) is 0 Å². The minimum Gasteiger partial charge on any atom is -0.387 e. The molecule has 1 aliphatic heterocycles. The highest BCUT2D eigenvalue weighted by Crippen LogP contribution is 2.32. The normalized spacial score (nSPS) is 24.2. The molecule has 0 bridgehead atoms. The number of hydrogen-bond donors (Lipinski definition) is 2. The molecule has 2 aromatic rings. The van der Waals surface area contributed by atoms with E-state index in [1.165, 1.54) is 16.8 Å². The fraction of sp³-hybridized carbons (Fsp3) is 0.429. The van der Waals surface area contributed by atoms with Crippen LogP contribution in [0.5, 0.6) is 0 Å². The highest BCUT2D eigenvalue weighted by atomic mass is 16.5. The van der Waals surface area contributed by atoms with Crippen molar-refractivity contribution in [3.8, 4) is 0 Å². The Morgan fingerprint density at radius 3 is 2.52 bits per heavy atom. The molecule has 2 N–H and O–H groups in total. The number of aliphatic hydroxyl groups excluding tert-OH is 1. The molecule has 4 rings (SSSR count). The Hall–Kier alpha value is -1.88. The highest BCUT2D eigenvalue weighted by molar-refractivity contribution is 5.48. The summed E-state index contributed by atoms with van der Waals surface area (Å²) >= 11 is 0. The van der Waals surface area contributed by atoms with Crippen LogP contribution < -0.4 is 10.2 Å². The van der Waals surface area contributed by atoms with E-state index < -0.39 is 6.10 Å². The maximum absolute atomic E-state index is 10.6. The summed E-state index contributed by atoms with van der Waals surface area (Å²) in [6, 6.07) is 17.2. The molecule has 4 nitrogen and oxygen atoms in total. The Balaban J connectivity index is 1.41. The van der Waals surface area contributed by atoms with Gasteiger partial charge in [-0.1, -0.05) is 36.4 Å². The van der Waals surface area contributed by atoms with Crippen LogP contribution in [0.15, 0.2) is 48.5 Å². The fourth-order valence-electron chi connectivity index (χ4n) is 3.94. The molecule has 0 saturated carbocycles. The van der Waals surface area contributed by atoms with Gasteiger partial charge in [-0.25, -0.2) is 0 Å². The van der Waals surface area contributed by atoms with Crippen molar-refractivity contribution in [2.45, 2.75) is 31.5 Å². The van der Waals surface area contributed by atoms with Gasteiger partial charge in [0, 0.05) is 30.9 Å². The predicted molar refractivity (Wildman–Crippen MR) is 99.9 cm³/mol. The number of nitrogens with zero attached hydrogens (tertiary/aromatic N) is 1. The first kappa shape index (κ1) is 16.6. The summed E-state index contributed by atoms with van der Waals surface area (Å²) in [4.78, 5) is 2.36. The van der Waals surface area contributed by atoms with Crippen molar-refractivity contribution in [3.05, 3.63) is 65.2 Å². The molecule has 0 amide bonds. The lowest BCUT2D eigenvalue weighted by atomic mass is 10.0. The molecule has 0 radical (unpaired) electrons. The molecular weight excluding hydrogens is 312 g/mol. The van der Waals surface area contributed by atoms with Crippen molar-refractivity contribution in [3.63, 3.8) is 0 Å². The lowest BCUT2D eigenvalue weighted by Crippen LogP contribution is -2.36. The maximum Gasteiger partial charge on any atom is 0.0949 e. The summed E-state index contributed by atoms with van der Waals surface area (Å²) in [6.07, 6.45) is 0.458. The number of fused-ring (bicyclic) bond motifs is 1. The molecule has 1 aliphatic carbocycles. The molecule has 2 aliphatic rings. The third-order valence-electron chi connectivity index (χ3n) is 5.43. The lowest BCUT2D eigenvalue weighted by Gasteiger charge is -2.29. The number of hydrogen-bond acceptors (Lipinski definition) is 4. The first-order chi connectivity index (χ1) is 12.2. The molecule has 0 spiro atoms. The highest BCUT2D eigenvalue weighted by Gasteiger charge is 2.31. The average molecular weight is 338 g/mol. The molecular formula is C21H26N2O2. The predicted octanol–water partition coefficient (Wildman–Crippen LogP) is 2.83. The van der Waals surface area contributed by atoms with Gasteiger partial charge in [-0.2, -0.15) is 0 Å². The minimum atomic E-state index is -0.425. The van der Waals surface area contributed by atoms with Gasteiger partial charge in [-0.3, -0.25) is 0 Å². The second kappa shape index (κ2) is 7.16. The lowest BCUT2D eigenvalue weighted by molar-refractivity contribution is 0.122. The van der Waals surface area contributed by atoms with Gasteiger partial charge < -0.3 is 20.1 Å². The Morgan fingerprint density at radius 1 is 1.08 bits per heavy atom. The van der Waals surface area contributed by atoms with Crippen molar-refractivity contribution in [2.24, 2.45) is 0 Å². The van der Waals surface area contributed by atoms with Crippen molar-refractivity contribution < 1.29 is 9.84 Å². The topological polar surface area (TPSA) is 44.7 Å². The van der Waals surface area contributed by atoms with Crippen molar-refractivity contribution in [1.29, 1.82) is 0 Å². The van der Waals surface area contributed by atoms with Crippen LogP contribution in [-0.2, 0) is 11.2 Å². The van der Waals surface area contributed by atoms with Crippen molar-refractivity contribution in [2.75, 3.05) is 31.2 Å². The van der Waals surface area contributed by atoms with E-state index in [2.05, 4.69) is 47.5 Å². The fourth-order valence-corrected chi connectivity index (χ4v) is 3.94. The third-order valence-corrected chi connectivity index (χ3v) is 5.43. The molecule has 4 heteroatoms. The van der Waals surface area contributed by atoms with Gasteiger partial charge >= 0.3 is 0 Å². The number of aliphatic hydroxyl groups is 1. The quantitative estimate of drug-likeness (QED) is 0.900.